The fourth-order valence-electron chi connectivity index (χ4n) is 4.27. The van der Waals surface area contributed by atoms with Gasteiger partial charge in [-0.25, -0.2) is 13.8 Å². The smallest absolute Gasteiger partial charge is 0.282 e. The molecule has 2 amide bonds. The van der Waals surface area contributed by atoms with Crippen molar-refractivity contribution in [2.75, 3.05) is 34.8 Å². The standard InChI is InChI=1S/C25H20F3N5O3/c1-14(34)15-4-6-16(7-5-15)30-21(35)11-33-19-10-20(32-12-25(27,28)13-32)31-24(26)23(19)17-3-2-8-29-18(17)9-22(33)36/h2-8,10H,9,11-13H2,1H3,(H,30,35). The second-order valence-corrected chi connectivity index (χ2v) is 8.71. The molecule has 2 aliphatic heterocycles. The number of nitrogens with one attached hydrogen (secondary N) is 1. The third-order valence-corrected chi connectivity index (χ3v) is 6.06. The van der Waals surface area contributed by atoms with Gasteiger partial charge in [-0.15, -0.1) is 0 Å². The quantitative estimate of drug-likeness (QED) is 0.430. The topological polar surface area (TPSA) is 95.5 Å². The van der Waals surface area contributed by atoms with Gasteiger partial charge >= 0.3 is 0 Å². The highest BCUT2D eigenvalue weighted by atomic mass is 19.3. The lowest BCUT2D eigenvalue weighted by atomic mass is 10.0. The average molecular weight is 495 g/mol. The summed E-state index contributed by atoms with van der Waals surface area (Å²) in [6.07, 6.45) is 1.28. The second-order valence-electron chi connectivity index (χ2n) is 8.71. The Morgan fingerprint density at radius 2 is 1.86 bits per heavy atom. The predicted octanol–water partition coefficient (Wildman–Crippen LogP) is 3.47. The van der Waals surface area contributed by atoms with Crippen LogP contribution in [0.25, 0.3) is 11.1 Å². The number of hydrogen-bond donors (Lipinski definition) is 1. The molecule has 36 heavy (non-hydrogen) atoms. The van der Waals surface area contributed by atoms with Gasteiger partial charge in [0.1, 0.15) is 12.4 Å². The molecule has 1 fully saturated rings. The molecule has 11 heteroatoms. The summed E-state index contributed by atoms with van der Waals surface area (Å²) in [5, 5.41) is 2.65. The predicted molar refractivity (Wildman–Crippen MR) is 126 cm³/mol. The van der Waals surface area contributed by atoms with Crippen LogP contribution in [-0.4, -0.2) is 53.1 Å². The summed E-state index contributed by atoms with van der Waals surface area (Å²) < 4.78 is 42.3. The van der Waals surface area contributed by atoms with Crippen LogP contribution >= 0.6 is 0 Å². The molecule has 1 saturated heterocycles. The molecule has 0 bridgehead atoms. The maximum atomic E-state index is 15.4. The molecule has 2 aromatic heterocycles. The van der Waals surface area contributed by atoms with Crippen molar-refractivity contribution in [1.29, 1.82) is 0 Å². The van der Waals surface area contributed by atoms with Crippen LogP contribution in [0.1, 0.15) is 23.0 Å². The number of halogens is 3. The molecule has 2 aliphatic rings. The van der Waals surface area contributed by atoms with E-state index in [4.69, 9.17) is 0 Å². The Hall–Kier alpha value is -4.28. The van der Waals surface area contributed by atoms with Gasteiger partial charge in [0.25, 0.3) is 5.92 Å². The Bertz CT molecular complexity index is 1390. The molecular weight excluding hydrogens is 475 g/mol. The van der Waals surface area contributed by atoms with Gasteiger partial charge in [0.15, 0.2) is 5.78 Å². The Morgan fingerprint density at radius 1 is 1.14 bits per heavy atom. The number of rotatable bonds is 5. The highest BCUT2D eigenvalue weighted by molar-refractivity contribution is 6.07. The number of amides is 2. The number of nitrogens with zero attached hydrogens (tertiary/aromatic N) is 4. The summed E-state index contributed by atoms with van der Waals surface area (Å²) in [5.74, 6) is -5.12. The first-order valence-corrected chi connectivity index (χ1v) is 11.1. The minimum atomic E-state index is -2.91. The van der Waals surface area contributed by atoms with E-state index in [-0.39, 0.29) is 29.3 Å². The van der Waals surface area contributed by atoms with Gasteiger partial charge in [-0.1, -0.05) is 6.07 Å². The number of hydrogen-bond acceptors (Lipinski definition) is 6. The first kappa shape index (κ1) is 23.5. The van der Waals surface area contributed by atoms with E-state index in [1.165, 1.54) is 24.1 Å². The molecule has 3 aromatic rings. The van der Waals surface area contributed by atoms with Crippen LogP contribution in [0, 0.1) is 5.95 Å². The van der Waals surface area contributed by atoms with Crippen LogP contribution in [0.5, 0.6) is 0 Å². The van der Waals surface area contributed by atoms with E-state index in [1.807, 2.05) is 0 Å². The zero-order valence-electron chi connectivity index (χ0n) is 19.1. The third-order valence-electron chi connectivity index (χ3n) is 6.06. The van der Waals surface area contributed by atoms with Crippen LogP contribution in [0.2, 0.25) is 0 Å². The van der Waals surface area contributed by atoms with Gasteiger partial charge in [-0.05, 0) is 37.3 Å². The van der Waals surface area contributed by atoms with E-state index < -0.39 is 43.3 Å². The molecule has 1 aromatic carbocycles. The fourth-order valence-corrected chi connectivity index (χ4v) is 4.27. The van der Waals surface area contributed by atoms with Crippen molar-refractivity contribution >= 4 is 34.8 Å². The van der Waals surface area contributed by atoms with Crippen LogP contribution in [0.3, 0.4) is 0 Å². The molecule has 1 N–H and O–H groups in total. The highest BCUT2D eigenvalue weighted by Crippen LogP contribution is 2.41. The molecule has 8 nitrogen and oxygen atoms in total. The monoisotopic (exact) mass is 495 g/mol. The SMILES string of the molecule is CC(=O)c1ccc(NC(=O)CN2C(=O)Cc3ncccc3-c3c2cc(N2CC(F)(F)C2)nc3F)cc1. The minimum absolute atomic E-state index is 0.0291. The lowest BCUT2D eigenvalue weighted by Crippen LogP contribution is -2.56. The fraction of sp³-hybridized carbons (Fsp3) is 0.240. The largest absolute Gasteiger partial charge is 0.344 e. The van der Waals surface area contributed by atoms with Crippen molar-refractivity contribution < 1.29 is 27.6 Å². The molecule has 184 valence electrons. The van der Waals surface area contributed by atoms with Crippen molar-refractivity contribution in [1.82, 2.24) is 9.97 Å². The van der Waals surface area contributed by atoms with Crippen LogP contribution in [0.4, 0.5) is 30.4 Å². The van der Waals surface area contributed by atoms with Gasteiger partial charge in [-0.2, -0.15) is 4.39 Å². The zero-order valence-corrected chi connectivity index (χ0v) is 19.1. The van der Waals surface area contributed by atoms with E-state index in [0.29, 0.717) is 22.5 Å². The van der Waals surface area contributed by atoms with Crippen LogP contribution < -0.4 is 15.1 Å². The maximum Gasteiger partial charge on any atom is 0.282 e. The van der Waals surface area contributed by atoms with Crippen LogP contribution in [-0.2, 0) is 16.0 Å². The lowest BCUT2D eigenvalue weighted by molar-refractivity contribution is -0.121. The van der Waals surface area contributed by atoms with E-state index in [0.717, 1.165) is 4.90 Å². The van der Waals surface area contributed by atoms with Crippen molar-refractivity contribution in [2.45, 2.75) is 19.3 Å². The van der Waals surface area contributed by atoms with Crippen molar-refractivity contribution in [3.8, 4) is 11.1 Å². The van der Waals surface area contributed by atoms with Gasteiger partial charge in [0.05, 0.1) is 36.5 Å². The van der Waals surface area contributed by atoms with Crippen LogP contribution in [0.15, 0.2) is 48.7 Å². The molecule has 5 rings (SSSR count). The Labute approximate surface area is 203 Å². The highest BCUT2D eigenvalue weighted by Gasteiger charge is 2.45. The lowest BCUT2D eigenvalue weighted by Gasteiger charge is -2.40. The summed E-state index contributed by atoms with van der Waals surface area (Å²) in [4.78, 5) is 48.0. The number of fused-ring (bicyclic) bond motifs is 3. The van der Waals surface area contributed by atoms with Crippen molar-refractivity contribution in [3.05, 3.63) is 65.9 Å². The van der Waals surface area contributed by atoms with Gasteiger partial charge in [0, 0.05) is 29.1 Å². The number of pyridine rings is 2. The number of ketones is 1. The molecule has 0 aliphatic carbocycles. The number of anilines is 3. The molecular formula is C25H20F3N5O3. The molecule has 0 radical (unpaired) electrons. The average Bonchev–Trinajstić information content (AvgIpc) is 2.92. The zero-order chi connectivity index (χ0) is 25.6. The number of Topliss-reactive ketones (excluding diaryl/α,β-unsaturated/α-hetero) is 1. The van der Waals surface area contributed by atoms with Crippen molar-refractivity contribution in [3.63, 3.8) is 0 Å². The molecule has 0 atom stereocenters. The summed E-state index contributed by atoms with van der Waals surface area (Å²) in [6.45, 7) is -0.290. The molecule has 4 heterocycles. The maximum absolute atomic E-state index is 15.4. The number of alkyl halides is 2. The van der Waals surface area contributed by atoms with E-state index in [9.17, 15) is 23.2 Å². The summed E-state index contributed by atoms with van der Waals surface area (Å²) in [5.41, 5.74) is 1.55. The number of carbonyl (C=O) groups excluding carboxylic acids is 3. The Morgan fingerprint density at radius 3 is 2.53 bits per heavy atom. The molecule has 0 unspecified atom stereocenters. The first-order valence-electron chi connectivity index (χ1n) is 11.1. The number of aromatic nitrogens is 2. The van der Waals surface area contributed by atoms with Crippen molar-refractivity contribution in [2.24, 2.45) is 0 Å². The number of benzene rings is 1. The number of carbonyl (C=O) groups is 3. The van der Waals surface area contributed by atoms with E-state index in [1.54, 1.807) is 36.4 Å². The third kappa shape index (κ3) is 4.39. The summed E-state index contributed by atoms with van der Waals surface area (Å²) >= 11 is 0. The minimum Gasteiger partial charge on any atom is -0.344 e. The van der Waals surface area contributed by atoms with E-state index in [2.05, 4.69) is 15.3 Å². The van der Waals surface area contributed by atoms with E-state index >= 15 is 4.39 Å². The van der Waals surface area contributed by atoms with Gasteiger partial charge in [-0.3, -0.25) is 19.4 Å². The molecule has 0 spiro atoms. The molecule has 0 saturated carbocycles. The Balaban J connectivity index is 1.50. The normalized spacial score (nSPS) is 15.9. The summed E-state index contributed by atoms with van der Waals surface area (Å²) in [6, 6.07) is 10.8. The summed E-state index contributed by atoms with van der Waals surface area (Å²) in [7, 11) is 0. The van der Waals surface area contributed by atoms with Gasteiger partial charge in [0.2, 0.25) is 17.8 Å². The first-order chi connectivity index (χ1) is 17.1. The Kier molecular flexibility index (Phi) is 5.70. The second kappa shape index (κ2) is 8.74. The van der Waals surface area contributed by atoms with Gasteiger partial charge < -0.3 is 15.1 Å².